The van der Waals surface area contributed by atoms with Gasteiger partial charge < -0.3 is 10.2 Å². The van der Waals surface area contributed by atoms with Crippen molar-refractivity contribution in [2.75, 3.05) is 6.54 Å². The van der Waals surface area contributed by atoms with Crippen LogP contribution in [0, 0.1) is 6.92 Å². The summed E-state index contributed by atoms with van der Waals surface area (Å²) in [5.74, 6) is 1.53. The second kappa shape index (κ2) is 4.80. The summed E-state index contributed by atoms with van der Waals surface area (Å²) < 4.78 is 6.57. The highest BCUT2D eigenvalue weighted by Gasteiger charge is 2.12. The van der Waals surface area contributed by atoms with Crippen LogP contribution in [0.25, 0.3) is 11.3 Å². The third-order valence-corrected chi connectivity index (χ3v) is 3.02. The third-order valence-electron chi connectivity index (χ3n) is 2.33. The van der Waals surface area contributed by atoms with E-state index in [2.05, 4.69) is 20.9 Å². The van der Waals surface area contributed by atoms with Gasteiger partial charge in [0.1, 0.15) is 11.5 Å². The van der Waals surface area contributed by atoms with Crippen molar-refractivity contribution in [1.82, 2.24) is 4.98 Å². The maximum atomic E-state index is 5.55. The number of oxazole rings is 1. The zero-order valence-corrected chi connectivity index (χ0v) is 10.6. The van der Waals surface area contributed by atoms with Gasteiger partial charge in [0.05, 0.1) is 0 Å². The monoisotopic (exact) mass is 280 g/mol. The Kier molecular flexibility index (Phi) is 3.41. The fourth-order valence-corrected chi connectivity index (χ4v) is 2.06. The van der Waals surface area contributed by atoms with Gasteiger partial charge in [-0.3, -0.25) is 0 Å². The standard InChI is InChI=1S/C12H13BrN2O/c1-8-12(15-11(16-8)6-7-14)9-4-2-3-5-10(9)13/h2-5H,6-7,14H2,1H3. The summed E-state index contributed by atoms with van der Waals surface area (Å²) in [5, 5.41) is 0. The Morgan fingerprint density at radius 2 is 2.12 bits per heavy atom. The fraction of sp³-hybridized carbons (Fsp3) is 0.250. The molecule has 0 fully saturated rings. The van der Waals surface area contributed by atoms with Crippen molar-refractivity contribution in [3.63, 3.8) is 0 Å². The molecule has 4 heteroatoms. The van der Waals surface area contributed by atoms with Gasteiger partial charge in [-0.05, 0) is 13.0 Å². The van der Waals surface area contributed by atoms with E-state index in [9.17, 15) is 0 Å². The Morgan fingerprint density at radius 3 is 2.81 bits per heavy atom. The number of nitrogens with two attached hydrogens (primary N) is 1. The molecule has 0 bridgehead atoms. The number of rotatable bonds is 3. The maximum Gasteiger partial charge on any atom is 0.196 e. The summed E-state index contributed by atoms with van der Waals surface area (Å²) in [6, 6.07) is 7.97. The number of aryl methyl sites for hydroxylation is 1. The van der Waals surface area contributed by atoms with Gasteiger partial charge in [0.2, 0.25) is 0 Å². The first kappa shape index (κ1) is 11.4. The van der Waals surface area contributed by atoms with Gasteiger partial charge in [-0.25, -0.2) is 4.98 Å². The van der Waals surface area contributed by atoms with E-state index in [0.717, 1.165) is 21.5 Å². The first-order valence-corrected chi connectivity index (χ1v) is 5.93. The molecule has 0 amide bonds. The molecule has 0 aliphatic heterocycles. The van der Waals surface area contributed by atoms with Crippen molar-refractivity contribution < 1.29 is 4.42 Å². The van der Waals surface area contributed by atoms with E-state index >= 15 is 0 Å². The first-order chi connectivity index (χ1) is 7.72. The minimum Gasteiger partial charge on any atom is -0.445 e. The molecule has 0 aliphatic rings. The van der Waals surface area contributed by atoms with Crippen molar-refractivity contribution >= 4 is 15.9 Å². The molecular formula is C12H13BrN2O. The first-order valence-electron chi connectivity index (χ1n) is 5.13. The lowest BCUT2D eigenvalue weighted by Gasteiger charge is -1.99. The molecule has 0 radical (unpaired) electrons. The Bertz CT molecular complexity index is 494. The molecule has 0 saturated heterocycles. The second-order valence-corrected chi connectivity index (χ2v) is 4.39. The lowest BCUT2D eigenvalue weighted by molar-refractivity contribution is 0.473. The predicted octanol–water partition coefficient (Wildman–Crippen LogP) is 2.91. The SMILES string of the molecule is Cc1oc(CCN)nc1-c1ccccc1Br. The number of halogens is 1. The van der Waals surface area contributed by atoms with Gasteiger partial charge in [0.25, 0.3) is 0 Å². The molecule has 0 aliphatic carbocycles. The van der Waals surface area contributed by atoms with Gasteiger partial charge in [-0.15, -0.1) is 0 Å². The van der Waals surface area contributed by atoms with Gasteiger partial charge in [-0.2, -0.15) is 0 Å². The summed E-state index contributed by atoms with van der Waals surface area (Å²) in [6.07, 6.45) is 0.672. The number of benzene rings is 1. The Morgan fingerprint density at radius 1 is 1.38 bits per heavy atom. The van der Waals surface area contributed by atoms with Crippen LogP contribution >= 0.6 is 15.9 Å². The largest absolute Gasteiger partial charge is 0.445 e. The molecule has 0 saturated carbocycles. The molecule has 84 valence electrons. The van der Waals surface area contributed by atoms with E-state index in [-0.39, 0.29) is 0 Å². The quantitative estimate of drug-likeness (QED) is 0.941. The van der Waals surface area contributed by atoms with Gasteiger partial charge >= 0.3 is 0 Å². The van der Waals surface area contributed by atoms with Crippen LogP contribution in [-0.4, -0.2) is 11.5 Å². The average molecular weight is 281 g/mol. The molecule has 0 atom stereocenters. The van der Waals surface area contributed by atoms with Crippen LogP contribution in [0.1, 0.15) is 11.7 Å². The molecular weight excluding hydrogens is 268 g/mol. The lowest BCUT2D eigenvalue weighted by Crippen LogP contribution is -2.02. The van der Waals surface area contributed by atoms with E-state index in [1.165, 1.54) is 0 Å². The fourth-order valence-electron chi connectivity index (χ4n) is 1.58. The number of hydrogen-bond donors (Lipinski definition) is 1. The van der Waals surface area contributed by atoms with E-state index in [1.807, 2.05) is 31.2 Å². The highest BCUT2D eigenvalue weighted by atomic mass is 79.9. The smallest absolute Gasteiger partial charge is 0.196 e. The van der Waals surface area contributed by atoms with Crippen molar-refractivity contribution in [1.29, 1.82) is 0 Å². The van der Waals surface area contributed by atoms with Crippen molar-refractivity contribution in [2.24, 2.45) is 5.73 Å². The van der Waals surface area contributed by atoms with Crippen LogP contribution in [-0.2, 0) is 6.42 Å². The highest BCUT2D eigenvalue weighted by molar-refractivity contribution is 9.10. The molecule has 1 aromatic carbocycles. The summed E-state index contributed by atoms with van der Waals surface area (Å²) in [4.78, 5) is 4.45. The summed E-state index contributed by atoms with van der Waals surface area (Å²) in [5.41, 5.74) is 7.41. The van der Waals surface area contributed by atoms with Gasteiger partial charge in [0, 0.05) is 23.0 Å². The zero-order valence-electron chi connectivity index (χ0n) is 9.03. The molecule has 1 aromatic heterocycles. The minimum atomic E-state index is 0.551. The lowest BCUT2D eigenvalue weighted by atomic mass is 10.1. The van der Waals surface area contributed by atoms with Crippen LogP contribution in [0.3, 0.4) is 0 Å². The van der Waals surface area contributed by atoms with Crippen molar-refractivity contribution in [3.05, 3.63) is 40.4 Å². The summed E-state index contributed by atoms with van der Waals surface area (Å²) >= 11 is 3.51. The van der Waals surface area contributed by atoms with Gasteiger partial charge in [-0.1, -0.05) is 34.1 Å². The number of aromatic nitrogens is 1. The van der Waals surface area contributed by atoms with Crippen molar-refractivity contribution in [2.45, 2.75) is 13.3 Å². The number of hydrogen-bond acceptors (Lipinski definition) is 3. The van der Waals surface area contributed by atoms with Crippen LogP contribution in [0.5, 0.6) is 0 Å². The van der Waals surface area contributed by atoms with Crippen LogP contribution in [0.15, 0.2) is 33.2 Å². The summed E-state index contributed by atoms with van der Waals surface area (Å²) in [6.45, 7) is 2.47. The normalized spacial score (nSPS) is 10.7. The van der Waals surface area contributed by atoms with Crippen LogP contribution in [0.2, 0.25) is 0 Å². The molecule has 1 heterocycles. The highest BCUT2D eigenvalue weighted by Crippen LogP contribution is 2.29. The maximum absolute atomic E-state index is 5.55. The van der Waals surface area contributed by atoms with Crippen molar-refractivity contribution in [3.8, 4) is 11.3 Å². The minimum absolute atomic E-state index is 0.551. The summed E-state index contributed by atoms with van der Waals surface area (Å²) in [7, 11) is 0. The third kappa shape index (κ3) is 2.18. The Hall–Kier alpha value is -1.13. The van der Waals surface area contributed by atoms with E-state index in [4.69, 9.17) is 10.2 Å². The second-order valence-electron chi connectivity index (χ2n) is 3.53. The molecule has 0 unspecified atom stereocenters. The molecule has 3 nitrogen and oxygen atoms in total. The van der Waals surface area contributed by atoms with E-state index < -0.39 is 0 Å². The average Bonchev–Trinajstić information content (AvgIpc) is 2.61. The van der Waals surface area contributed by atoms with Crippen LogP contribution < -0.4 is 5.73 Å². The molecule has 2 N–H and O–H groups in total. The van der Waals surface area contributed by atoms with Crippen LogP contribution in [0.4, 0.5) is 0 Å². The Labute approximate surface area is 103 Å². The number of nitrogens with zero attached hydrogens (tertiary/aromatic N) is 1. The molecule has 2 rings (SSSR count). The molecule has 0 spiro atoms. The zero-order chi connectivity index (χ0) is 11.5. The molecule has 2 aromatic rings. The van der Waals surface area contributed by atoms with E-state index in [0.29, 0.717) is 18.9 Å². The van der Waals surface area contributed by atoms with E-state index in [1.54, 1.807) is 0 Å². The Balaban J connectivity index is 2.44. The molecule has 16 heavy (non-hydrogen) atoms. The predicted molar refractivity (Wildman–Crippen MR) is 67.1 cm³/mol. The van der Waals surface area contributed by atoms with Gasteiger partial charge in [0.15, 0.2) is 5.89 Å². The topological polar surface area (TPSA) is 52.0 Å².